The van der Waals surface area contributed by atoms with Crippen molar-refractivity contribution in [2.45, 2.75) is 13.1 Å². The molecule has 0 amide bonds. The van der Waals surface area contributed by atoms with Crippen molar-refractivity contribution in [3.63, 3.8) is 0 Å². The Morgan fingerprint density at radius 3 is 3.10 bits per heavy atom. The summed E-state index contributed by atoms with van der Waals surface area (Å²) in [6, 6.07) is 5.01. The normalized spacial score (nSPS) is 14.4. The third kappa shape index (κ3) is 1.81. The molecule has 2 aromatic heterocycles. The van der Waals surface area contributed by atoms with Gasteiger partial charge < -0.3 is 15.2 Å². The molecule has 0 unspecified atom stereocenters. The van der Waals surface area contributed by atoms with E-state index in [0.29, 0.717) is 30.0 Å². The molecule has 4 rings (SSSR count). The number of pyridine rings is 1. The lowest BCUT2D eigenvalue weighted by atomic mass is 10.1. The smallest absolute Gasteiger partial charge is 0.152 e. The van der Waals surface area contributed by atoms with Crippen molar-refractivity contribution < 1.29 is 4.39 Å². The number of fused-ring (bicyclic) bond motifs is 2. The lowest BCUT2D eigenvalue weighted by Gasteiger charge is -2.30. The largest absolute Gasteiger partial charge is 0.398 e. The number of halogens is 1. The van der Waals surface area contributed by atoms with E-state index in [9.17, 15) is 4.39 Å². The second-order valence-electron chi connectivity index (χ2n) is 5.06. The number of nitrogen functional groups attached to an aromatic ring is 1. The van der Waals surface area contributed by atoms with Crippen LogP contribution in [0, 0.1) is 5.82 Å². The Morgan fingerprint density at radius 1 is 1.29 bits per heavy atom. The molecule has 2 N–H and O–H groups in total. The highest BCUT2D eigenvalue weighted by molar-refractivity contribution is 5.98. The van der Waals surface area contributed by atoms with Crippen molar-refractivity contribution in [2.24, 2.45) is 0 Å². The van der Waals surface area contributed by atoms with E-state index in [4.69, 9.17) is 5.73 Å². The first-order chi connectivity index (χ1) is 10.2. The zero-order valence-electron chi connectivity index (χ0n) is 11.2. The van der Waals surface area contributed by atoms with Crippen molar-refractivity contribution in [1.82, 2.24) is 19.7 Å². The highest BCUT2D eigenvalue weighted by Crippen LogP contribution is 2.33. The minimum Gasteiger partial charge on any atom is -0.398 e. The predicted octanol–water partition coefficient (Wildman–Crippen LogP) is 1.57. The SMILES string of the molecule is Nc1cc(F)c(N2CCn3cnnc3C2)c2ncccc12. The molecule has 0 spiro atoms. The summed E-state index contributed by atoms with van der Waals surface area (Å²) < 4.78 is 16.4. The zero-order chi connectivity index (χ0) is 14.4. The first kappa shape index (κ1) is 12.1. The van der Waals surface area contributed by atoms with Gasteiger partial charge in [-0.25, -0.2) is 4.39 Å². The maximum Gasteiger partial charge on any atom is 0.152 e. The molecular weight excluding hydrogens is 271 g/mol. The van der Waals surface area contributed by atoms with Gasteiger partial charge in [0.05, 0.1) is 12.1 Å². The van der Waals surface area contributed by atoms with Gasteiger partial charge in [0.2, 0.25) is 0 Å². The topological polar surface area (TPSA) is 72.9 Å². The van der Waals surface area contributed by atoms with E-state index >= 15 is 0 Å². The molecule has 0 aliphatic carbocycles. The predicted molar refractivity (Wildman–Crippen MR) is 77.2 cm³/mol. The molecule has 21 heavy (non-hydrogen) atoms. The van der Waals surface area contributed by atoms with E-state index in [0.717, 1.165) is 17.8 Å². The fraction of sp³-hybridized carbons (Fsp3) is 0.214. The van der Waals surface area contributed by atoms with Gasteiger partial charge in [-0.1, -0.05) is 0 Å². The second kappa shape index (κ2) is 4.41. The van der Waals surface area contributed by atoms with Crippen LogP contribution >= 0.6 is 0 Å². The summed E-state index contributed by atoms with van der Waals surface area (Å²) in [6.45, 7) is 1.91. The van der Waals surface area contributed by atoms with Crippen LogP contribution in [0.5, 0.6) is 0 Å². The summed E-state index contributed by atoms with van der Waals surface area (Å²) in [5, 5.41) is 8.72. The first-order valence-electron chi connectivity index (χ1n) is 6.68. The number of benzene rings is 1. The molecule has 0 bridgehead atoms. The summed E-state index contributed by atoms with van der Waals surface area (Å²) in [5.41, 5.74) is 7.36. The van der Waals surface area contributed by atoms with Crippen molar-refractivity contribution >= 4 is 22.3 Å². The van der Waals surface area contributed by atoms with Crippen molar-refractivity contribution in [3.05, 3.63) is 42.4 Å². The van der Waals surface area contributed by atoms with Crippen LogP contribution < -0.4 is 10.6 Å². The summed E-state index contributed by atoms with van der Waals surface area (Å²) in [5.74, 6) is 0.466. The molecule has 1 aliphatic rings. The maximum atomic E-state index is 14.5. The molecule has 6 nitrogen and oxygen atoms in total. The summed E-state index contributed by atoms with van der Waals surface area (Å²) in [6.07, 6.45) is 3.35. The number of anilines is 2. The second-order valence-corrected chi connectivity index (χ2v) is 5.06. The Balaban J connectivity index is 1.88. The number of hydrogen-bond acceptors (Lipinski definition) is 5. The van der Waals surface area contributed by atoms with E-state index in [1.54, 1.807) is 18.6 Å². The minimum absolute atomic E-state index is 0.355. The van der Waals surface area contributed by atoms with Crippen LogP contribution in [-0.4, -0.2) is 26.3 Å². The molecule has 0 saturated carbocycles. The standard InChI is InChI=1S/C14H13FN6/c15-10-6-11(16)9-2-1-3-17-13(9)14(10)20-4-5-21-8-18-19-12(21)7-20/h1-3,6,8H,4-5,7,16H2. The monoisotopic (exact) mass is 284 g/mol. The number of nitrogens with two attached hydrogens (primary N) is 1. The van der Waals surface area contributed by atoms with Gasteiger partial charge in [0.1, 0.15) is 12.0 Å². The Kier molecular flexibility index (Phi) is 2.53. The lowest BCUT2D eigenvalue weighted by Crippen LogP contribution is -2.34. The van der Waals surface area contributed by atoms with Crippen LogP contribution in [0.3, 0.4) is 0 Å². The molecule has 0 atom stereocenters. The Labute approximate surface area is 120 Å². The van der Waals surface area contributed by atoms with Crippen molar-refractivity contribution in [1.29, 1.82) is 0 Å². The summed E-state index contributed by atoms with van der Waals surface area (Å²) in [7, 11) is 0. The Hall–Kier alpha value is -2.70. The van der Waals surface area contributed by atoms with Crippen molar-refractivity contribution in [3.8, 4) is 0 Å². The molecule has 0 fully saturated rings. The van der Waals surface area contributed by atoms with Gasteiger partial charge >= 0.3 is 0 Å². The number of rotatable bonds is 1. The van der Waals surface area contributed by atoms with Crippen LogP contribution in [0.4, 0.5) is 15.8 Å². The van der Waals surface area contributed by atoms with Gasteiger partial charge in [-0.2, -0.15) is 0 Å². The summed E-state index contributed by atoms with van der Waals surface area (Å²) in [4.78, 5) is 6.26. The number of nitrogens with zero attached hydrogens (tertiary/aromatic N) is 5. The van der Waals surface area contributed by atoms with E-state index in [1.165, 1.54) is 6.07 Å². The molecule has 1 aliphatic heterocycles. The Bertz CT molecular complexity index is 827. The van der Waals surface area contributed by atoms with E-state index < -0.39 is 0 Å². The number of hydrogen-bond donors (Lipinski definition) is 1. The maximum absolute atomic E-state index is 14.5. The van der Waals surface area contributed by atoms with Crippen LogP contribution in [0.2, 0.25) is 0 Å². The molecule has 0 radical (unpaired) electrons. The molecule has 3 heterocycles. The molecule has 3 aromatic rings. The van der Waals surface area contributed by atoms with Crippen molar-refractivity contribution in [2.75, 3.05) is 17.2 Å². The van der Waals surface area contributed by atoms with Crippen LogP contribution in [0.25, 0.3) is 10.9 Å². The summed E-state index contributed by atoms with van der Waals surface area (Å²) >= 11 is 0. The quantitative estimate of drug-likeness (QED) is 0.687. The van der Waals surface area contributed by atoms with Gasteiger partial charge in [-0.05, 0) is 18.2 Å². The van der Waals surface area contributed by atoms with E-state index in [2.05, 4.69) is 15.2 Å². The van der Waals surface area contributed by atoms with Gasteiger partial charge in [-0.3, -0.25) is 4.98 Å². The van der Waals surface area contributed by atoms with Crippen LogP contribution in [-0.2, 0) is 13.1 Å². The highest BCUT2D eigenvalue weighted by Gasteiger charge is 2.23. The molecule has 1 aromatic carbocycles. The third-order valence-corrected chi connectivity index (χ3v) is 3.81. The van der Waals surface area contributed by atoms with Crippen LogP contribution in [0.15, 0.2) is 30.7 Å². The first-order valence-corrected chi connectivity index (χ1v) is 6.68. The highest BCUT2D eigenvalue weighted by atomic mass is 19.1. The van der Waals surface area contributed by atoms with Crippen LogP contribution in [0.1, 0.15) is 5.82 Å². The third-order valence-electron chi connectivity index (χ3n) is 3.81. The van der Waals surface area contributed by atoms with Gasteiger partial charge in [-0.15, -0.1) is 10.2 Å². The number of aromatic nitrogens is 4. The van der Waals surface area contributed by atoms with E-state index in [-0.39, 0.29) is 5.82 Å². The average Bonchev–Trinajstić information content (AvgIpc) is 2.95. The minimum atomic E-state index is -0.355. The van der Waals surface area contributed by atoms with Gasteiger partial charge in [0.25, 0.3) is 0 Å². The van der Waals surface area contributed by atoms with Gasteiger partial charge in [0.15, 0.2) is 11.6 Å². The van der Waals surface area contributed by atoms with E-state index in [1.807, 2.05) is 15.5 Å². The lowest BCUT2D eigenvalue weighted by molar-refractivity contribution is 0.545. The molecule has 0 saturated heterocycles. The molecule has 106 valence electrons. The fourth-order valence-electron chi connectivity index (χ4n) is 2.78. The fourth-order valence-corrected chi connectivity index (χ4v) is 2.78. The van der Waals surface area contributed by atoms with Gasteiger partial charge in [0, 0.05) is 30.4 Å². The average molecular weight is 284 g/mol. The zero-order valence-corrected chi connectivity index (χ0v) is 11.2. The molecule has 7 heteroatoms. The molecular formula is C14H13FN6. The Morgan fingerprint density at radius 2 is 2.19 bits per heavy atom.